The number of carbonyl (C=O) groups excluding carboxylic acids is 1. The number of ketones is 1. The van der Waals surface area contributed by atoms with Crippen LogP contribution in [0.5, 0.6) is 11.5 Å². The second-order valence-electron chi connectivity index (χ2n) is 4.43. The molecule has 114 valence electrons. The first-order valence-corrected chi connectivity index (χ1v) is 7.20. The molecule has 0 N–H and O–H groups in total. The Labute approximate surface area is 139 Å². The van der Waals surface area contributed by atoms with E-state index in [1.54, 1.807) is 49.6 Å². The monoisotopic (exact) mass is 336 g/mol. The van der Waals surface area contributed by atoms with Crippen LogP contribution in [-0.2, 0) is 0 Å². The summed E-state index contributed by atoms with van der Waals surface area (Å²) in [7, 11) is 3.06. The molecule has 0 unspecified atom stereocenters. The van der Waals surface area contributed by atoms with Crippen molar-refractivity contribution in [3.8, 4) is 11.5 Å². The van der Waals surface area contributed by atoms with E-state index >= 15 is 0 Å². The van der Waals surface area contributed by atoms with Gasteiger partial charge in [0.05, 0.1) is 19.8 Å². The number of benzene rings is 2. The van der Waals surface area contributed by atoms with Crippen molar-refractivity contribution in [2.75, 3.05) is 14.2 Å². The summed E-state index contributed by atoms with van der Waals surface area (Å²) in [6, 6.07) is 10.1. The second kappa shape index (κ2) is 7.34. The zero-order valence-corrected chi connectivity index (χ0v) is 13.6. The third kappa shape index (κ3) is 3.81. The van der Waals surface area contributed by atoms with Crippen molar-refractivity contribution < 1.29 is 14.3 Å². The highest BCUT2D eigenvalue weighted by Gasteiger charge is 2.11. The number of hydrogen-bond donors (Lipinski definition) is 0. The van der Waals surface area contributed by atoms with Gasteiger partial charge in [-0.1, -0.05) is 23.2 Å². The van der Waals surface area contributed by atoms with Crippen molar-refractivity contribution in [3.63, 3.8) is 0 Å². The zero-order valence-electron chi connectivity index (χ0n) is 12.1. The standard InChI is InChI=1S/C17H14Cl2O3/c1-21-13-5-6-14(17(10-13)22-2)16(20)8-3-11-9-12(18)4-7-15(11)19/h3-10H,1-2H3/b8-3+. The van der Waals surface area contributed by atoms with Crippen LogP contribution in [-0.4, -0.2) is 20.0 Å². The summed E-state index contributed by atoms with van der Waals surface area (Å²) in [5, 5.41) is 1.08. The van der Waals surface area contributed by atoms with Crippen molar-refractivity contribution in [1.29, 1.82) is 0 Å². The van der Waals surface area contributed by atoms with Crippen LogP contribution in [0.4, 0.5) is 0 Å². The molecule has 0 aliphatic rings. The van der Waals surface area contributed by atoms with Crippen LogP contribution < -0.4 is 9.47 Å². The topological polar surface area (TPSA) is 35.5 Å². The number of hydrogen-bond acceptors (Lipinski definition) is 3. The van der Waals surface area contributed by atoms with Crippen LogP contribution in [0.3, 0.4) is 0 Å². The fourth-order valence-electron chi connectivity index (χ4n) is 1.90. The second-order valence-corrected chi connectivity index (χ2v) is 5.27. The van der Waals surface area contributed by atoms with E-state index in [0.717, 1.165) is 0 Å². The highest BCUT2D eigenvalue weighted by Crippen LogP contribution is 2.26. The molecule has 0 bridgehead atoms. The van der Waals surface area contributed by atoms with Crippen LogP contribution in [0.2, 0.25) is 10.0 Å². The summed E-state index contributed by atoms with van der Waals surface area (Å²) >= 11 is 12.0. The van der Waals surface area contributed by atoms with Crippen LogP contribution >= 0.6 is 23.2 Å². The lowest BCUT2D eigenvalue weighted by molar-refractivity contribution is 0.104. The van der Waals surface area contributed by atoms with Gasteiger partial charge >= 0.3 is 0 Å². The summed E-state index contributed by atoms with van der Waals surface area (Å²) in [6.45, 7) is 0. The van der Waals surface area contributed by atoms with Crippen molar-refractivity contribution in [1.82, 2.24) is 0 Å². The molecule has 0 aliphatic heterocycles. The molecule has 22 heavy (non-hydrogen) atoms. The predicted molar refractivity (Wildman–Crippen MR) is 89.4 cm³/mol. The van der Waals surface area contributed by atoms with Gasteiger partial charge in [-0.25, -0.2) is 0 Å². The third-order valence-corrected chi connectivity index (χ3v) is 3.63. The van der Waals surface area contributed by atoms with Gasteiger partial charge in [-0.15, -0.1) is 0 Å². The lowest BCUT2D eigenvalue weighted by atomic mass is 10.1. The van der Waals surface area contributed by atoms with Crippen LogP contribution in [0.1, 0.15) is 15.9 Å². The molecule has 0 saturated heterocycles. The van der Waals surface area contributed by atoms with Crippen molar-refractivity contribution in [2.24, 2.45) is 0 Å². The molecule has 2 rings (SSSR count). The lowest BCUT2D eigenvalue weighted by Gasteiger charge is -2.08. The number of methoxy groups -OCH3 is 2. The Hall–Kier alpha value is -1.97. The first kappa shape index (κ1) is 16.4. The van der Waals surface area contributed by atoms with E-state index in [4.69, 9.17) is 32.7 Å². The minimum atomic E-state index is -0.199. The fraction of sp³-hybridized carbons (Fsp3) is 0.118. The van der Waals surface area contributed by atoms with Gasteiger partial charge in [0.25, 0.3) is 0 Å². The number of allylic oxidation sites excluding steroid dienone is 1. The number of ether oxygens (including phenoxy) is 2. The Balaban J connectivity index is 2.29. The first-order valence-electron chi connectivity index (χ1n) is 6.44. The van der Waals surface area contributed by atoms with Crippen LogP contribution in [0.25, 0.3) is 6.08 Å². The van der Waals surface area contributed by atoms with Gasteiger partial charge in [-0.2, -0.15) is 0 Å². The molecule has 0 spiro atoms. The number of carbonyl (C=O) groups is 1. The molecule has 0 amide bonds. The lowest BCUT2D eigenvalue weighted by Crippen LogP contribution is -1.99. The molecule has 0 aromatic heterocycles. The Morgan fingerprint density at radius 2 is 1.82 bits per heavy atom. The van der Waals surface area contributed by atoms with Gasteiger partial charge in [0, 0.05) is 16.1 Å². The molecule has 2 aromatic carbocycles. The maximum Gasteiger partial charge on any atom is 0.189 e. The van der Waals surface area contributed by atoms with Gasteiger partial charge in [0.15, 0.2) is 5.78 Å². The highest BCUT2D eigenvalue weighted by molar-refractivity contribution is 6.34. The summed E-state index contributed by atoms with van der Waals surface area (Å²) in [5.74, 6) is 0.872. The molecule has 2 aromatic rings. The summed E-state index contributed by atoms with van der Waals surface area (Å²) in [6.07, 6.45) is 3.06. The smallest absolute Gasteiger partial charge is 0.189 e. The maximum absolute atomic E-state index is 12.3. The van der Waals surface area contributed by atoms with Crippen molar-refractivity contribution in [3.05, 3.63) is 63.6 Å². The molecule has 0 aliphatic carbocycles. The minimum Gasteiger partial charge on any atom is -0.497 e. The SMILES string of the molecule is COc1ccc(C(=O)/C=C/c2cc(Cl)ccc2Cl)c(OC)c1. The number of halogens is 2. The third-order valence-electron chi connectivity index (χ3n) is 3.05. The van der Waals surface area contributed by atoms with Gasteiger partial charge in [0.2, 0.25) is 0 Å². The Bertz CT molecular complexity index is 724. The normalized spacial score (nSPS) is 10.7. The molecule has 0 heterocycles. The Kier molecular flexibility index (Phi) is 5.47. The van der Waals surface area contributed by atoms with Crippen molar-refractivity contribution in [2.45, 2.75) is 0 Å². The maximum atomic E-state index is 12.3. The predicted octanol–water partition coefficient (Wildman–Crippen LogP) is 4.91. The molecular formula is C17H14Cl2O3. The van der Waals surface area contributed by atoms with Gasteiger partial charge < -0.3 is 9.47 Å². The fourth-order valence-corrected chi connectivity index (χ4v) is 2.26. The van der Waals surface area contributed by atoms with Gasteiger partial charge in [-0.05, 0) is 48.0 Å². The van der Waals surface area contributed by atoms with Gasteiger partial charge in [0.1, 0.15) is 11.5 Å². The van der Waals surface area contributed by atoms with Gasteiger partial charge in [-0.3, -0.25) is 4.79 Å². The van der Waals surface area contributed by atoms with E-state index in [9.17, 15) is 4.79 Å². The minimum absolute atomic E-state index is 0.199. The quantitative estimate of drug-likeness (QED) is 0.575. The zero-order chi connectivity index (χ0) is 16.1. The average molecular weight is 337 g/mol. The average Bonchev–Trinajstić information content (AvgIpc) is 2.54. The van der Waals surface area contributed by atoms with E-state index in [1.807, 2.05) is 0 Å². The van der Waals surface area contributed by atoms with Crippen LogP contribution in [0, 0.1) is 0 Å². The van der Waals surface area contributed by atoms with E-state index in [0.29, 0.717) is 32.7 Å². The Morgan fingerprint density at radius 3 is 2.50 bits per heavy atom. The molecule has 0 atom stereocenters. The van der Waals surface area contributed by atoms with Crippen LogP contribution in [0.15, 0.2) is 42.5 Å². The van der Waals surface area contributed by atoms with Crippen molar-refractivity contribution >= 4 is 35.1 Å². The molecule has 3 nitrogen and oxygen atoms in total. The molecule has 0 radical (unpaired) electrons. The highest BCUT2D eigenvalue weighted by atomic mass is 35.5. The largest absolute Gasteiger partial charge is 0.497 e. The molecule has 0 fully saturated rings. The van der Waals surface area contributed by atoms with E-state index in [-0.39, 0.29) is 5.78 Å². The number of rotatable bonds is 5. The summed E-state index contributed by atoms with van der Waals surface area (Å²) in [4.78, 5) is 12.3. The summed E-state index contributed by atoms with van der Waals surface area (Å²) in [5.41, 5.74) is 1.12. The Morgan fingerprint density at radius 1 is 1.05 bits per heavy atom. The summed E-state index contributed by atoms with van der Waals surface area (Å²) < 4.78 is 10.3. The van der Waals surface area contributed by atoms with E-state index in [1.165, 1.54) is 13.2 Å². The van der Waals surface area contributed by atoms with E-state index < -0.39 is 0 Å². The molecule has 0 saturated carbocycles. The van der Waals surface area contributed by atoms with E-state index in [2.05, 4.69) is 0 Å². The molecule has 5 heteroatoms. The first-order chi connectivity index (χ1) is 10.5. The molecular weight excluding hydrogens is 323 g/mol.